The van der Waals surface area contributed by atoms with Crippen molar-refractivity contribution in [1.29, 1.82) is 0 Å². The monoisotopic (exact) mass is 464 g/mol. The number of halogens is 1. The second-order valence-corrected chi connectivity index (χ2v) is 10.1. The molecule has 0 bridgehead atoms. The van der Waals surface area contributed by atoms with Crippen LogP contribution < -0.4 is 5.32 Å². The van der Waals surface area contributed by atoms with Crippen molar-refractivity contribution < 1.29 is 13.2 Å². The van der Waals surface area contributed by atoms with E-state index in [0.29, 0.717) is 13.0 Å². The summed E-state index contributed by atoms with van der Waals surface area (Å²) in [6, 6.07) is 12.2. The Morgan fingerprint density at radius 1 is 1.14 bits per heavy atom. The van der Waals surface area contributed by atoms with Crippen LogP contribution in [-0.4, -0.2) is 31.2 Å². The molecule has 0 spiro atoms. The summed E-state index contributed by atoms with van der Waals surface area (Å²) in [7, 11) is -3.61. The number of benzene rings is 2. The van der Waals surface area contributed by atoms with Gasteiger partial charge in [0.1, 0.15) is 0 Å². The molecule has 2 aromatic carbocycles. The van der Waals surface area contributed by atoms with E-state index in [4.69, 9.17) is 0 Å². The Hall–Kier alpha value is -1.70. The topological polar surface area (TPSA) is 66.5 Å². The van der Waals surface area contributed by atoms with E-state index in [2.05, 4.69) is 21.2 Å². The lowest BCUT2D eigenvalue weighted by molar-refractivity contribution is -0.117. The quantitative estimate of drug-likeness (QED) is 0.700. The zero-order chi connectivity index (χ0) is 20.3. The number of rotatable bonds is 5. The Balaban J connectivity index is 1.75. The first-order valence-corrected chi connectivity index (χ1v) is 11.7. The highest BCUT2D eigenvalue weighted by molar-refractivity contribution is 9.10. The largest absolute Gasteiger partial charge is 0.326 e. The first-order chi connectivity index (χ1) is 13.3. The molecule has 1 amide bonds. The highest BCUT2D eigenvalue weighted by atomic mass is 79.9. The molecule has 1 atom stereocenters. The minimum atomic E-state index is -3.61. The number of anilines is 1. The first-order valence-electron chi connectivity index (χ1n) is 9.42. The molecule has 7 heteroatoms. The van der Waals surface area contributed by atoms with E-state index in [1.165, 1.54) is 4.31 Å². The number of hydrogen-bond acceptors (Lipinski definition) is 3. The summed E-state index contributed by atoms with van der Waals surface area (Å²) >= 11 is 3.41. The van der Waals surface area contributed by atoms with Crippen molar-refractivity contribution in [3.8, 4) is 0 Å². The second-order valence-electron chi connectivity index (χ2n) is 7.29. The molecule has 1 unspecified atom stereocenters. The van der Waals surface area contributed by atoms with Crippen LogP contribution in [0.4, 0.5) is 5.69 Å². The lowest BCUT2D eigenvalue weighted by Crippen LogP contribution is -2.45. The molecule has 1 N–H and O–H groups in total. The molecule has 5 nitrogen and oxygen atoms in total. The Bertz CT molecular complexity index is 958. The third-order valence-corrected chi connectivity index (χ3v) is 7.54. The van der Waals surface area contributed by atoms with Gasteiger partial charge in [-0.25, -0.2) is 8.42 Å². The van der Waals surface area contributed by atoms with Gasteiger partial charge < -0.3 is 5.32 Å². The molecule has 1 saturated heterocycles. The highest BCUT2D eigenvalue weighted by Gasteiger charge is 2.34. The SMILES string of the molecule is Cc1ccc(S(=O)(=O)N2CCCCC2CC(=O)Nc2ccc(Br)cc2C)cc1. The number of nitrogens with one attached hydrogen (secondary N) is 1. The number of carbonyl (C=O) groups excluding carboxylic acids is 1. The van der Waals surface area contributed by atoms with E-state index in [9.17, 15) is 13.2 Å². The molecule has 2 aromatic rings. The van der Waals surface area contributed by atoms with Crippen molar-refractivity contribution in [2.75, 3.05) is 11.9 Å². The van der Waals surface area contributed by atoms with Gasteiger partial charge in [0.05, 0.1) is 4.90 Å². The summed E-state index contributed by atoms with van der Waals surface area (Å²) in [5.41, 5.74) is 2.71. The van der Waals surface area contributed by atoms with Gasteiger partial charge in [-0.15, -0.1) is 0 Å². The highest BCUT2D eigenvalue weighted by Crippen LogP contribution is 2.28. The van der Waals surface area contributed by atoms with Crippen LogP contribution in [-0.2, 0) is 14.8 Å². The fraction of sp³-hybridized carbons (Fsp3) is 0.381. The van der Waals surface area contributed by atoms with E-state index in [-0.39, 0.29) is 23.3 Å². The molecule has 1 aliphatic rings. The second kappa shape index (κ2) is 8.76. The van der Waals surface area contributed by atoms with Crippen molar-refractivity contribution in [2.45, 2.75) is 50.5 Å². The smallest absolute Gasteiger partial charge is 0.243 e. The standard InChI is InChI=1S/C21H25BrN2O3S/c1-15-6-9-19(10-7-15)28(26,27)24-12-4-3-5-18(24)14-21(25)23-20-11-8-17(22)13-16(20)2/h6-11,13,18H,3-5,12,14H2,1-2H3,(H,23,25). The van der Waals surface area contributed by atoms with Crippen LogP contribution in [0.3, 0.4) is 0 Å². The van der Waals surface area contributed by atoms with Crippen molar-refractivity contribution in [1.82, 2.24) is 4.31 Å². The van der Waals surface area contributed by atoms with Crippen LogP contribution in [0.1, 0.15) is 36.8 Å². The minimum Gasteiger partial charge on any atom is -0.326 e. The van der Waals surface area contributed by atoms with Gasteiger partial charge in [0, 0.05) is 29.2 Å². The van der Waals surface area contributed by atoms with Crippen LogP contribution in [0, 0.1) is 13.8 Å². The zero-order valence-corrected chi connectivity index (χ0v) is 18.5. The lowest BCUT2D eigenvalue weighted by atomic mass is 10.0. The number of carbonyl (C=O) groups is 1. The van der Waals surface area contributed by atoms with Gasteiger partial charge in [0.2, 0.25) is 15.9 Å². The third kappa shape index (κ3) is 4.82. The Morgan fingerprint density at radius 2 is 1.86 bits per heavy atom. The average Bonchev–Trinajstić information content (AvgIpc) is 2.65. The van der Waals surface area contributed by atoms with Gasteiger partial charge >= 0.3 is 0 Å². The van der Waals surface area contributed by atoms with E-state index < -0.39 is 10.0 Å². The van der Waals surface area contributed by atoms with Crippen LogP contribution in [0.25, 0.3) is 0 Å². The fourth-order valence-electron chi connectivity index (χ4n) is 3.52. The van der Waals surface area contributed by atoms with Gasteiger partial charge in [0.25, 0.3) is 0 Å². The van der Waals surface area contributed by atoms with Gasteiger partial charge in [-0.2, -0.15) is 4.31 Å². The summed E-state index contributed by atoms with van der Waals surface area (Å²) in [5, 5.41) is 2.92. The molecule has 0 aromatic heterocycles. The van der Waals surface area contributed by atoms with Crippen molar-refractivity contribution in [3.63, 3.8) is 0 Å². The zero-order valence-electron chi connectivity index (χ0n) is 16.1. The summed E-state index contributed by atoms with van der Waals surface area (Å²) < 4.78 is 28.7. The molecule has 0 radical (unpaired) electrons. The number of amides is 1. The lowest BCUT2D eigenvalue weighted by Gasteiger charge is -2.34. The molecule has 0 aliphatic carbocycles. The maximum absolute atomic E-state index is 13.1. The van der Waals surface area contributed by atoms with E-state index in [0.717, 1.165) is 34.1 Å². The molecule has 3 rings (SSSR count). The number of sulfonamides is 1. The van der Waals surface area contributed by atoms with Crippen LogP contribution in [0.5, 0.6) is 0 Å². The van der Waals surface area contributed by atoms with Gasteiger partial charge in [-0.1, -0.05) is 40.0 Å². The van der Waals surface area contributed by atoms with E-state index >= 15 is 0 Å². The predicted molar refractivity (Wildman–Crippen MR) is 115 cm³/mol. The Labute approximate surface area is 175 Å². The minimum absolute atomic E-state index is 0.153. The number of hydrogen-bond donors (Lipinski definition) is 1. The van der Waals surface area contributed by atoms with Gasteiger partial charge in [-0.3, -0.25) is 4.79 Å². The molecular formula is C21H25BrN2O3S. The van der Waals surface area contributed by atoms with Crippen molar-refractivity contribution in [3.05, 3.63) is 58.1 Å². The molecule has 1 heterocycles. The van der Waals surface area contributed by atoms with Crippen LogP contribution >= 0.6 is 15.9 Å². The van der Waals surface area contributed by atoms with Crippen LogP contribution in [0.15, 0.2) is 51.8 Å². The molecule has 150 valence electrons. The molecule has 28 heavy (non-hydrogen) atoms. The Morgan fingerprint density at radius 3 is 2.54 bits per heavy atom. The van der Waals surface area contributed by atoms with Gasteiger partial charge in [-0.05, 0) is 62.6 Å². The summed E-state index contributed by atoms with van der Waals surface area (Å²) in [6.45, 7) is 4.30. The van der Waals surface area contributed by atoms with E-state index in [1.807, 2.05) is 32.0 Å². The predicted octanol–water partition coefficient (Wildman–Crippen LogP) is 4.64. The van der Waals surface area contributed by atoms with Crippen LogP contribution in [0.2, 0.25) is 0 Å². The molecule has 1 aliphatic heterocycles. The van der Waals surface area contributed by atoms with E-state index in [1.54, 1.807) is 24.3 Å². The number of piperidine rings is 1. The molecule has 0 saturated carbocycles. The summed E-state index contributed by atoms with van der Waals surface area (Å²) in [6.07, 6.45) is 2.59. The summed E-state index contributed by atoms with van der Waals surface area (Å²) in [4.78, 5) is 12.9. The maximum Gasteiger partial charge on any atom is 0.243 e. The normalized spacial score (nSPS) is 18.0. The van der Waals surface area contributed by atoms with Crippen molar-refractivity contribution >= 4 is 37.5 Å². The number of aryl methyl sites for hydroxylation is 2. The fourth-order valence-corrected chi connectivity index (χ4v) is 5.69. The van der Waals surface area contributed by atoms with Crippen molar-refractivity contribution in [2.24, 2.45) is 0 Å². The number of nitrogens with zero attached hydrogens (tertiary/aromatic N) is 1. The first kappa shape index (κ1) is 21.0. The molecular weight excluding hydrogens is 440 g/mol. The summed E-state index contributed by atoms with van der Waals surface area (Å²) in [5.74, 6) is -0.165. The third-order valence-electron chi connectivity index (χ3n) is 5.08. The maximum atomic E-state index is 13.1. The average molecular weight is 465 g/mol. The Kier molecular flexibility index (Phi) is 6.58. The molecule has 1 fully saturated rings. The van der Waals surface area contributed by atoms with Gasteiger partial charge in [0.15, 0.2) is 0 Å².